The molecule has 2 rings (SSSR count). The third-order valence-electron chi connectivity index (χ3n) is 2.33. The van der Waals surface area contributed by atoms with Crippen LogP contribution in [-0.2, 0) is 17.8 Å². The number of nitrogens with two attached hydrogens (primary N) is 1. The van der Waals surface area contributed by atoms with Crippen LogP contribution >= 0.6 is 23.1 Å². The van der Waals surface area contributed by atoms with Crippen LogP contribution in [0.25, 0.3) is 0 Å². The second-order valence-electron chi connectivity index (χ2n) is 3.78. The lowest BCUT2D eigenvalue weighted by molar-refractivity contribution is -0.133. The molecule has 0 unspecified atom stereocenters. The summed E-state index contributed by atoms with van der Waals surface area (Å²) in [5.41, 5.74) is 6.72. The Morgan fingerprint density at radius 1 is 1.58 bits per heavy atom. The summed E-state index contributed by atoms with van der Waals surface area (Å²) in [5.74, 6) is -0.665. The van der Waals surface area contributed by atoms with Gasteiger partial charge in [0.05, 0.1) is 16.5 Å². The topological polar surface area (TPSA) is 107 Å². The predicted molar refractivity (Wildman–Crippen MR) is 73.3 cm³/mol. The Balaban J connectivity index is 2.02. The number of thiazole rings is 1. The van der Waals surface area contributed by atoms with Gasteiger partial charge in [-0.25, -0.2) is 4.98 Å². The highest BCUT2D eigenvalue weighted by molar-refractivity contribution is 7.99. The second-order valence-corrected chi connectivity index (χ2v) is 5.79. The van der Waals surface area contributed by atoms with Gasteiger partial charge in [0.1, 0.15) is 0 Å². The number of aryl methyl sites for hydroxylation is 2. The van der Waals surface area contributed by atoms with Crippen molar-refractivity contribution in [2.45, 2.75) is 25.0 Å². The van der Waals surface area contributed by atoms with E-state index in [4.69, 9.17) is 10.8 Å². The fraction of sp³-hybridized carbons (Fsp3) is 0.400. The summed E-state index contributed by atoms with van der Waals surface area (Å²) >= 11 is 2.71. The smallest absolute Gasteiger partial charge is 0.313 e. The average molecular weight is 299 g/mol. The summed E-state index contributed by atoms with van der Waals surface area (Å²) < 4.78 is 1.71. The van der Waals surface area contributed by atoms with Crippen molar-refractivity contribution in [3.63, 3.8) is 0 Å². The largest absolute Gasteiger partial charge is 0.481 e. The maximum Gasteiger partial charge on any atom is 0.313 e. The van der Waals surface area contributed by atoms with Gasteiger partial charge in [-0.3, -0.25) is 9.36 Å². The molecule has 0 aliphatic carbocycles. The van der Waals surface area contributed by atoms with Crippen molar-refractivity contribution < 1.29 is 9.90 Å². The second kappa shape index (κ2) is 6.02. The maximum absolute atomic E-state index is 10.6. The molecule has 19 heavy (non-hydrogen) atoms. The Morgan fingerprint density at radius 3 is 3.00 bits per heavy atom. The first kappa shape index (κ1) is 13.8. The fourth-order valence-corrected chi connectivity index (χ4v) is 2.83. The third kappa shape index (κ3) is 3.67. The fourth-order valence-electron chi connectivity index (χ4n) is 1.49. The van der Waals surface area contributed by atoms with Crippen LogP contribution in [-0.4, -0.2) is 36.6 Å². The molecule has 0 saturated heterocycles. The van der Waals surface area contributed by atoms with E-state index in [0.717, 1.165) is 22.5 Å². The lowest BCUT2D eigenvalue weighted by atomic mass is 10.3. The molecule has 0 saturated carbocycles. The zero-order valence-corrected chi connectivity index (χ0v) is 11.9. The van der Waals surface area contributed by atoms with Crippen molar-refractivity contribution in [3.8, 4) is 0 Å². The molecule has 0 bridgehead atoms. The number of hydrogen-bond donors (Lipinski definition) is 2. The lowest BCUT2D eigenvalue weighted by Gasteiger charge is -2.05. The van der Waals surface area contributed by atoms with Crippen LogP contribution in [0.15, 0.2) is 10.5 Å². The number of anilines is 1. The minimum Gasteiger partial charge on any atom is -0.481 e. The van der Waals surface area contributed by atoms with Crippen molar-refractivity contribution in [2.24, 2.45) is 0 Å². The molecule has 0 radical (unpaired) electrons. The molecule has 0 aromatic carbocycles. The summed E-state index contributed by atoms with van der Waals surface area (Å²) in [5, 5.41) is 19.9. The summed E-state index contributed by atoms with van der Waals surface area (Å²) in [6.07, 6.45) is 0.715. The number of aromatic nitrogens is 4. The number of nitrogen functional groups attached to an aromatic ring is 1. The number of carboxylic acids is 1. The van der Waals surface area contributed by atoms with E-state index in [2.05, 4.69) is 15.2 Å². The summed E-state index contributed by atoms with van der Waals surface area (Å²) in [7, 11) is 0. The molecule has 9 heteroatoms. The van der Waals surface area contributed by atoms with E-state index < -0.39 is 5.97 Å². The van der Waals surface area contributed by atoms with Crippen LogP contribution in [0.1, 0.15) is 10.7 Å². The van der Waals surface area contributed by atoms with Gasteiger partial charge >= 0.3 is 5.97 Å². The normalized spacial score (nSPS) is 10.8. The lowest BCUT2D eigenvalue weighted by Crippen LogP contribution is -2.08. The van der Waals surface area contributed by atoms with Crippen LogP contribution in [0.5, 0.6) is 0 Å². The predicted octanol–water partition coefficient (Wildman–Crippen LogP) is 1.04. The van der Waals surface area contributed by atoms with Crippen LogP contribution in [0, 0.1) is 6.92 Å². The van der Waals surface area contributed by atoms with E-state index in [-0.39, 0.29) is 5.75 Å². The van der Waals surface area contributed by atoms with E-state index >= 15 is 0 Å². The number of carbonyl (C=O) groups is 1. The number of rotatable bonds is 6. The van der Waals surface area contributed by atoms with Gasteiger partial charge in [-0.15, -0.1) is 21.5 Å². The van der Waals surface area contributed by atoms with Gasteiger partial charge < -0.3 is 10.8 Å². The van der Waals surface area contributed by atoms with Gasteiger partial charge in [0.2, 0.25) is 5.95 Å². The van der Waals surface area contributed by atoms with E-state index in [1.807, 2.05) is 12.3 Å². The zero-order valence-electron chi connectivity index (χ0n) is 10.2. The molecule has 0 spiro atoms. The quantitative estimate of drug-likeness (QED) is 0.767. The number of carboxylic acid groups (broad SMARTS) is 1. The highest BCUT2D eigenvalue weighted by Gasteiger charge is 2.12. The van der Waals surface area contributed by atoms with E-state index in [1.54, 1.807) is 15.9 Å². The molecule has 0 fully saturated rings. The number of thioether (sulfide) groups is 1. The van der Waals surface area contributed by atoms with Gasteiger partial charge in [0, 0.05) is 18.3 Å². The minimum atomic E-state index is -0.895. The Morgan fingerprint density at radius 2 is 2.37 bits per heavy atom. The first-order chi connectivity index (χ1) is 9.06. The number of nitrogens with zero attached hydrogens (tertiary/aromatic N) is 4. The first-order valence-corrected chi connectivity index (χ1v) is 7.37. The Hall–Kier alpha value is -1.61. The molecular formula is C10H13N5O2S2. The van der Waals surface area contributed by atoms with Crippen LogP contribution < -0.4 is 5.73 Å². The molecule has 2 aromatic rings. The van der Waals surface area contributed by atoms with Crippen molar-refractivity contribution in [1.29, 1.82) is 0 Å². The monoisotopic (exact) mass is 299 g/mol. The molecule has 0 amide bonds. The number of hydrogen-bond acceptors (Lipinski definition) is 7. The summed E-state index contributed by atoms with van der Waals surface area (Å²) in [6.45, 7) is 2.54. The van der Waals surface area contributed by atoms with E-state index in [9.17, 15) is 4.79 Å². The highest BCUT2D eigenvalue weighted by atomic mass is 32.2. The number of aliphatic carboxylic acids is 1. The Labute approximate surface area is 117 Å². The van der Waals surface area contributed by atoms with Gasteiger partial charge in [-0.05, 0) is 6.92 Å². The highest BCUT2D eigenvalue weighted by Crippen LogP contribution is 2.19. The maximum atomic E-state index is 10.6. The molecule has 0 aliphatic heterocycles. The van der Waals surface area contributed by atoms with E-state index in [0.29, 0.717) is 24.1 Å². The minimum absolute atomic E-state index is 0.0616. The van der Waals surface area contributed by atoms with Gasteiger partial charge in [-0.1, -0.05) is 11.8 Å². The van der Waals surface area contributed by atoms with Crippen molar-refractivity contribution in [1.82, 2.24) is 19.7 Å². The third-order valence-corrected chi connectivity index (χ3v) is 4.10. The SMILES string of the molecule is Cc1nc(CCn2c(N)nnc2SCC(=O)O)cs1. The molecule has 2 heterocycles. The summed E-state index contributed by atoms with van der Waals surface area (Å²) in [4.78, 5) is 14.9. The molecule has 0 aliphatic rings. The van der Waals surface area contributed by atoms with Gasteiger partial charge in [0.15, 0.2) is 5.16 Å². The van der Waals surface area contributed by atoms with Gasteiger partial charge in [0.25, 0.3) is 0 Å². The van der Waals surface area contributed by atoms with Crippen LogP contribution in [0.2, 0.25) is 0 Å². The van der Waals surface area contributed by atoms with Crippen molar-refractivity contribution in [2.75, 3.05) is 11.5 Å². The molecule has 7 nitrogen and oxygen atoms in total. The van der Waals surface area contributed by atoms with Crippen molar-refractivity contribution >= 4 is 35.0 Å². The van der Waals surface area contributed by atoms with Crippen LogP contribution in [0.3, 0.4) is 0 Å². The standard InChI is InChI=1S/C10H13N5O2S2/c1-6-12-7(4-18-6)2-3-15-9(11)13-14-10(15)19-5-8(16)17/h4H,2-3,5H2,1H3,(H2,11,13)(H,16,17). The average Bonchev–Trinajstić information content (AvgIpc) is 2.91. The van der Waals surface area contributed by atoms with Crippen molar-refractivity contribution in [3.05, 3.63) is 16.1 Å². The molecule has 102 valence electrons. The van der Waals surface area contributed by atoms with Gasteiger partial charge in [-0.2, -0.15) is 0 Å². The molecular weight excluding hydrogens is 286 g/mol. The molecule has 0 atom stereocenters. The Bertz CT molecular complexity index is 580. The zero-order chi connectivity index (χ0) is 13.8. The molecule has 2 aromatic heterocycles. The Kier molecular flexibility index (Phi) is 4.38. The van der Waals surface area contributed by atoms with Crippen LogP contribution in [0.4, 0.5) is 5.95 Å². The first-order valence-electron chi connectivity index (χ1n) is 5.50. The summed E-state index contributed by atoms with van der Waals surface area (Å²) in [6, 6.07) is 0. The van der Waals surface area contributed by atoms with E-state index in [1.165, 1.54) is 0 Å². The molecule has 3 N–H and O–H groups in total.